The van der Waals surface area contributed by atoms with Gasteiger partial charge in [0, 0.05) is 29.4 Å². The third-order valence-corrected chi connectivity index (χ3v) is 6.15. The topological polar surface area (TPSA) is 55.6 Å². The Morgan fingerprint density at radius 2 is 1.93 bits per heavy atom. The summed E-state index contributed by atoms with van der Waals surface area (Å²) in [5.74, 6) is 1.32. The number of nitrogens with zero attached hydrogens (tertiary/aromatic N) is 1. The number of nitrogens with two attached hydrogens (primary N) is 1. The Bertz CT molecular complexity index is 911. The van der Waals surface area contributed by atoms with Crippen molar-refractivity contribution >= 4 is 17.2 Å². The first-order chi connectivity index (χ1) is 13.7. The van der Waals surface area contributed by atoms with Crippen LogP contribution in [0, 0.1) is 5.92 Å². The average molecular weight is 393 g/mol. The summed E-state index contributed by atoms with van der Waals surface area (Å²) in [5.41, 5.74) is 7.93. The largest absolute Gasteiger partial charge is 0.488 e. The van der Waals surface area contributed by atoms with Crippen LogP contribution in [0.1, 0.15) is 26.7 Å². The number of amides is 1. The van der Waals surface area contributed by atoms with Gasteiger partial charge in [-0.2, -0.15) is 0 Å². The molecule has 0 spiro atoms. The highest BCUT2D eigenvalue weighted by atomic mass is 32.1. The first-order valence-corrected chi connectivity index (χ1v) is 10.4. The Labute approximate surface area is 169 Å². The lowest BCUT2D eigenvalue weighted by Gasteiger charge is -2.17. The van der Waals surface area contributed by atoms with E-state index >= 15 is 0 Å². The van der Waals surface area contributed by atoms with Gasteiger partial charge in [0.1, 0.15) is 12.4 Å². The molecule has 1 aliphatic rings. The van der Waals surface area contributed by atoms with Crippen LogP contribution in [0.25, 0.3) is 0 Å². The van der Waals surface area contributed by atoms with Gasteiger partial charge < -0.3 is 15.4 Å². The van der Waals surface area contributed by atoms with Crippen molar-refractivity contribution in [2.45, 2.75) is 12.5 Å². The standard InChI is InChI=1S/C23H24N2O2S/c24-13-19-14-25(15-22(19)17-6-2-1-3-7-17)23(26)18-8-4-9-20(12-18)27-16-21-10-5-11-28-21/h1-12,19,22H,13-16,24H2/t19-,22+/m1/s1. The molecule has 4 nitrogen and oxygen atoms in total. The number of rotatable bonds is 6. The summed E-state index contributed by atoms with van der Waals surface area (Å²) in [4.78, 5) is 16.2. The highest BCUT2D eigenvalue weighted by molar-refractivity contribution is 7.09. The first-order valence-electron chi connectivity index (χ1n) is 9.54. The quantitative estimate of drug-likeness (QED) is 0.686. The number of hydrogen-bond acceptors (Lipinski definition) is 4. The van der Waals surface area contributed by atoms with Crippen molar-refractivity contribution < 1.29 is 9.53 Å². The van der Waals surface area contributed by atoms with E-state index in [1.54, 1.807) is 11.3 Å². The number of benzene rings is 2. The number of hydrogen-bond donors (Lipinski definition) is 1. The molecule has 28 heavy (non-hydrogen) atoms. The van der Waals surface area contributed by atoms with Crippen molar-refractivity contribution in [3.05, 3.63) is 88.1 Å². The zero-order valence-corrected chi connectivity index (χ0v) is 16.5. The van der Waals surface area contributed by atoms with Crippen molar-refractivity contribution in [1.29, 1.82) is 0 Å². The van der Waals surface area contributed by atoms with E-state index in [1.165, 1.54) is 5.56 Å². The SMILES string of the molecule is NC[C@@H]1CN(C(=O)c2cccc(OCc3cccs3)c2)C[C@H]1c1ccccc1. The van der Waals surface area contributed by atoms with E-state index < -0.39 is 0 Å². The monoisotopic (exact) mass is 392 g/mol. The van der Waals surface area contributed by atoms with E-state index in [9.17, 15) is 4.79 Å². The Hall–Kier alpha value is -2.63. The Morgan fingerprint density at radius 1 is 1.07 bits per heavy atom. The maximum atomic E-state index is 13.1. The van der Waals surface area contributed by atoms with Crippen LogP contribution >= 0.6 is 11.3 Å². The van der Waals surface area contributed by atoms with Crippen LogP contribution in [0.5, 0.6) is 5.75 Å². The van der Waals surface area contributed by atoms with E-state index in [1.807, 2.05) is 64.9 Å². The Morgan fingerprint density at radius 3 is 2.68 bits per heavy atom. The molecular weight excluding hydrogens is 368 g/mol. The molecule has 5 heteroatoms. The van der Waals surface area contributed by atoms with Crippen LogP contribution in [0.3, 0.4) is 0 Å². The van der Waals surface area contributed by atoms with Crippen molar-refractivity contribution in [3.8, 4) is 5.75 Å². The lowest BCUT2D eigenvalue weighted by molar-refractivity contribution is 0.0786. The van der Waals surface area contributed by atoms with E-state index in [4.69, 9.17) is 10.5 Å². The summed E-state index contributed by atoms with van der Waals surface area (Å²) in [7, 11) is 0. The second-order valence-electron chi connectivity index (χ2n) is 7.12. The van der Waals surface area contributed by atoms with E-state index in [2.05, 4.69) is 12.1 Å². The third-order valence-electron chi connectivity index (χ3n) is 5.30. The molecule has 0 unspecified atom stereocenters. The maximum Gasteiger partial charge on any atom is 0.254 e. The van der Waals surface area contributed by atoms with Crippen molar-refractivity contribution in [2.75, 3.05) is 19.6 Å². The molecule has 1 fully saturated rings. The van der Waals surface area contributed by atoms with Crippen LogP contribution in [0.4, 0.5) is 0 Å². The van der Waals surface area contributed by atoms with Gasteiger partial charge in [-0.15, -0.1) is 11.3 Å². The Balaban J connectivity index is 1.46. The molecular formula is C23H24N2O2S. The number of likely N-dealkylation sites (tertiary alicyclic amines) is 1. The molecule has 1 amide bonds. The van der Waals surface area contributed by atoms with Crippen molar-refractivity contribution in [3.63, 3.8) is 0 Å². The van der Waals surface area contributed by atoms with Crippen molar-refractivity contribution in [2.24, 2.45) is 11.7 Å². The van der Waals surface area contributed by atoms with Gasteiger partial charge in [0.15, 0.2) is 0 Å². The molecule has 2 N–H and O–H groups in total. The fourth-order valence-electron chi connectivity index (χ4n) is 3.80. The van der Waals surface area contributed by atoms with Crippen LogP contribution in [-0.2, 0) is 6.61 Å². The van der Waals surface area contributed by atoms with Gasteiger partial charge in [0.05, 0.1) is 0 Å². The zero-order valence-electron chi connectivity index (χ0n) is 15.7. The fraction of sp³-hybridized carbons (Fsp3) is 0.261. The zero-order chi connectivity index (χ0) is 19.3. The van der Waals surface area contributed by atoms with Crippen LogP contribution in [-0.4, -0.2) is 30.4 Å². The molecule has 0 radical (unpaired) electrons. The average Bonchev–Trinajstić information content (AvgIpc) is 3.42. The molecule has 144 valence electrons. The molecule has 2 atom stereocenters. The molecule has 4 rings (SSSR count). The first kappa shape index (κ1) is 18.7. The summed E-state index contributed by atoms with van der Waals surface area (Å²) in [6.07, 6.45) is 0. The normalized spacial score (nSPS) is 19.0. The highest BCUT2D eigenvalue weighted by Gasteiger charge is 2.35. The van der Waals surface area contributed by atoms with Gasteiger partial charge in [0.2, 0.25) is 0 Å². The molecule has 3 aromatic rings. The molecule has 1 aromatic heterocycles. The molecule has 0 bridgehead atoms. The number of thiophene rings is 1. The van der Waals surface area contributed by atoms with Gasteiger partial charge in [0.25, 0.3) is 5.91 Å². The fourth-order valence-corrected chi connectivity index (χ4v) is 4.42. The lowest BCUT2D eigenvalue weighted by Crippen LogP contribution is -2.29. The minimum absolute atomic E-state index is 0.0402. The van der Waals surface area contributed by atoms with Gasteiger partial charge in [-0.3, -0.25) is 4.79 Å². The second-order valence-corrected chi connectivity index (χ2v) is 8.15. The van der Waals surface area contributed by atoms with Gasteiger partial charge in [-0.25, -0.2) is 0 Å². The third kappa shape index (κ3) is 4.11. The molecule has 1 saturated heterocycles. The predicted octanol–water partition coefficient (Wildman–Crippen LogP) is 4.14. The van der Waals surface area contributed by atoms with Gasteiger partial charge in [-0.05, 0) is 47.7 Å². The summed E-state index contributed by atoms with van der Waals surface area (Å²) in [5, 5.41) is 2.03. The minimum Gasteiger partial charge on any atom is -0.488 e. The summed E-state index contributed by atoms with van der Waals surface area (Å²) >= 11 is 1.66. The summed E-state index contributed by atoms with van der Waals surface area (Å²) < 4.78 is 5.86. The molecule has 0 aliphatic carbocycles. The number of carbonyl (C=O) groups excluding carboxylic acids is 1. The molecule has 1 aliphatic heterocycles. The minimum atomic E-state index is 0.0402. The number of ether oxygens (including phenoxy) is 1. The smallest absolute Gasteiger partial charge is 0.254 e. The van der Waals surface area contributed by atoms with Crippen molar-refractivity contribution in [1.82, 2.24) is 4.90 Å². The second kappa shape index (κ2) is 8.59. The summed E-state index contributed by atoms with van der Waals surface area (Å²) in [6, 6.07) is 21.9. The molecule has 2 heterocycles. The summed E-state index contributed by atoms with van der Waals surface area (Å²) in [6.45, 7) is 2.48. The van der Waals surface area contributed by atoms with Gasteiger partial charge >= 0.3 is 0 Å². The van der Waals surface area contributed by atoms with E-state index in [0.29, 0.717) is 37.6 Å². The van der Waals surface area contributed by atoms with Crippen LogP contribution in [0.2, 0.25) is 0 Å². The van der Waals surface area contributed by atoms with E-state index in [0.717, 1.165) is 4.88 Å². The number of carbonyl (C=O) groups is 1. The van der Waals surface area contributed by atoms with E-state index in [-0.39, 0.29) is 17.7 Å². The highest BCUT2D eigenvalue weighted by Crippen LogP contribution is 2.33. The maximum absolute atomic E-state index is 13.1. The lowest BCUT2D eigenvalue weighted by atomic mass is 9.89. The predicted molar refractivity (Wildman–Crippen MR) is 113 cm³/mol. The Kier molecular flexibility index (Phi) is 5.74. The van der Waals surface area contributed by atoms with Crippen LogP contribution < -0.4 is 10.5 Å². The van der Waals surface area contributed by atoms with Gasteiger partial charge in [-0.1, -0.05) is 42.5 Å². The molecule has 2 aromatic carbocycles. The van der Waals surface area contributed by atoms with Crippen LogP contribution in [0.15, 0.2) is 72.1 Å². The molecule has 0 saturated carbocycles.